The first-order valence-corrected chi connectivity index (χ1v) is 9.21. The molecular weight excluding hydrogens is 290 g/mol. The summed E-state index contributed by atoms with van der Waals surface area (Å²) in [6, 6.07) is 7.67. The highest BCUT2D eigenvalue weighted by molar-refractivity contribution is 7.84. The molecule has 0 aromatic heterocycles. The van der Waals surface area contributed by atoms with Crippen LogP contribution in [0.3, 0.4) is 0 Å². The zero-order valence-corrected chi connectivity index (χ0v) is 13.6. The molecule has 4 heteroatoms. The summed E-state index contributed by atoms with van der Waals surface area (Å²) in [4.78, 5) is 0. The summed E-state index contributed by atoms with van der Waals surface area (Å²) in [6.45, 7) is 2.89. The number of hydrogen-bond acceptors (Lipinski definition) is 2. The van der Waals surface area contributed by atoms with E-state index in [2.05, 4.69) is 6.92 Å². The highest BCUT2D eigenvalue weighted by Crippen LogP contribution is 2.34. The summed E-state index contributed by atoms with van der Waals surface area (Å²) in [5.74, 6) is 1.76. The Labute approximate surface area is 129 Å². The minimum absolute atomic E-state index is 0.259. The first kappa shape index (κ1) is 16.0. The Balaban J connectivity index is 2.03. The standard InChI is InChI=1S/C16H24ClNOS/c1-2-12-3-6-14(10-18)16(9-12)20(19)11-13-4-7-15(17)8-5-13/h4-5,7-8,12,14,16H,2-3,6,9-11,18H2,1H3. The van der Waals surface area contributed by atoms with Crippen LogP contribution in [0.4, 0.5) is 0 Å². The maximum atomic E-state index is 12.7. The van der Waals surface area contributed by atoms with Gasteiger partial charge in [-0.25, -0.2) is 0 Å². The van der Waals surface area contributed by atoms with Gasteiger partial charge in [-0.2, -0.15) is 0 Å². The molecule has 0 radical (unpaired) electrons. The van der Waals surface area contributed by atoms with Gasteiger partial charge in [0.2, 0.25) is 0 Å². The van der Waals surface area contributed by atoms with Crippen LogP contribution in [0.25, 0.3) is 0 Å². The molecule has 1 aromatic rings. The van der Waals surface area contributed by atoms with Crippen molar-refractivity contribution in [2.75, 3.05) is 6.54 Å². The normalized spacial score (nSPS) is 28.2. The predicted molar refractivity (Wildman–Crippen MR) is 87.3 cm³/mol. The number of nitrogens with two attached hydrogens (primary N) is 1. The molecule has 2 nitrogen and oxygen atoms in total. The Morgan fingerprint density at radius 3 is 2.60 bits per heavy atom. The maximum absolute atomic E-state index is 12.7. The summed E-state index contributed by atoms with van der Waals surface area (Å²) in [5.41, 5.74) is 6.98. The molecule has 2 N–H and O–H groups in total. The van der Waals surface area contributed by atoms with Gasteiger partial charge >= 0.3 is 0 Å². The maximum Gasteiger partial charge on any atom is 0.0488 e. The van der Waals surface area contributed by atoms with E-state index in [0.717, 1.165) is 29.3 Å². The molecule has 1 aliphatic carbocycles. The van der Waals surface area contributed by atoms with Gasteiger partial charge in [0, 0.05) is 26.8 Å². The summed E-state index contributed by atoms with van der Waals surface area (Å²) < 4.78 is 12.7. The average molecular weight is 314 g/mol. The third kappa shape index (κ3) is 4.06. The minimum Gasteiger partial charge on any atom is -0.330 e. The van der Waals surface area contributed by atoms with E-state index >= 15 is 0 Å². The van der Waals surface area contributed by atoms with Gasteiger partial charge in [0.25, 0.3) is 0 Å². The zero-order valence-electron chi connectivity index (χ0n) is 12.1. The quantitative estimate of drug-likeness (QED) is 0.899. The Morgan fingerprint density at radius 1 is 1.30 bits per heavy atom. The van der Waals surface area contributed by atoms with Crippen molar-refractivity contribution < 1.29 is 4.21 Å². The Morgan fingerprint density at radius 2 is 2.00 bits per heavy atom. The van der Waals surface area contributed by atoms with Crippen LogP contribution in [-0.2, 0) is 16.6 Å². The molecule has 20 heavy (non-hydrogen) atoms. The first-order valence-electron chi connectivity index (χ1n) is 7.45. The second kappa shape index (κ2) is 7.58. The van der Waals surface area contributed by atoms with Crippen molar-refractivity contribution in [1.29, 1.82) is 0 Å². The fraction of sp³-hybridized carbons (Fsp3) is 0.625. The van der Waals surface area contributed by atoms with Gasteiger partial charge in [0.15, 0.2) is 0 Å². The third-order valence-electron chi connectivity index (χ3n) is 4.48. The van der Waals surface area contributed by atoms with Crippen LogP contribution in [0.1, 0.15) is 38.2 Å². The molecule has 0 heterocycles. The van der Waals surface area contributed by atoms with Crippen molar-refractivity contribution in [2.45, 2.75) is 43.6 Å². The summed E-state index contributed by atoms with van der Waals surface area (Å²) in [5, 5.41) is 0.984. The van der Waals surface area contributed by atoms with Crippen LogP contribution in [0.15, 0.2) is 24.3 Å². The third-order valence-corrected chi connectivity index (χ3v) is 6.60. The number of hydrogen-bond donors (Lipinski definition) is 1. The van der Waals surface area contributed by atoms with Crippen molar-refractivity contribution in [3.05, 3.63) is 34.9 Å². The summed E-state index contributed by atoms with van der Waals surface area (Å²) in [7, 11) is -0.839. The molecule has 1 aromatic carbocycles. The van der Waals surface area contributed by atoms with E-state index in [9.17, 15) is 4.21 Å². The van der Waals surface area contributed by atoms with Gasteiger partial charge in [0.05, 0.1) is 0 Å². The fourth-order valence-corrected chi connectivity index (χ4v) is 5.11. The van der Waals surface area contributed by atoms with E-state index in [0.29, 0.717) is 18.2 Å². The molecule has 4 atom stereocenters. The first-order chi connectivity index (χ1) is 9.63. The number of rotatable bonds is 5. The molecule has 1 fully saturated rings. The Kier molecular flexibility index (Phi) is 6.06. The lowest BCUT2D eigenvalue weighted by atomic mass is 9.80. The molecule has 0 saturated heterocycles. The molecule has 0 bridgehead atoms. The van der Waals surface area contributed by atoms with Crippen LogP contribution in [-0.4, -0.2) is 16.0 Å². The number of benzene rings is 1. The van der Waals surface area contributed by atoms with Crippen LogP contribution < -0.4 is 5.73 Å². The zero-order chi connectivity index (χ0) is 14.5. The predicted octanol–water partition coefficient (Wildman–Crippen LogP) is 3.74. The van der Waals surface area contributed by atoms with E-state index in [1.165, 1.54) is 12.8 Å². The van der Waals surface area contributed by atoms with Crippen LogP contribution >= 0.6 is 11.6 Å². The van der Waals surface area contributed by atoms with Crippen LogP contribution in [0.5, 0.6) is 0 Å². The highest BCUT2D eigenvalue weighted by Gasteiger charge is 2.32. The van der Waals surface area contributed by atoms with Gasteiger partial charge in [-0.15, -0.1) is 0 Å². The van der Waals surface area contributed by atoms with Crippen molar-refractivity contribution in [1.82, 2.24) is 0 Å². The van der Waals surface area contributed by atoms with E-state index < -0.39 is 10.8 Å². The molecule has 1 aliphatic rings. The van der Waals surface area contributed by atoms with Gasteiger partial charge in [-0.05, 0) is 48.9 Å². The lowest BCUT2D eigenvalue weighted by Gasteiger charge is -2.34. The SMILES string of the molecule is CCC1CCC(CN)C(S(=O)Cc2ccc(Cl)cc2)C1. The van der Waals surface area contributed by atoms with E-state index in [4.69, 9.17) is 17.3 Å². The Hall–Kier alpha value is -0.380. The summed E-state index contributed by atoms with van der Waals surface area (Å²) in [6.07, 6.45) is 4.63. The molecule has 0 amide bonds. The highest BCUT2D eigenvalue weighted by atomic mass is 35.5. The monoisotopic (exact) mass is 313 g/mol. The van der Waals surface area contributed by atoms with E-state index in [1.807, 2.05) is 24.3 Å². The second-order valence-electron chi connectivity index (χ2n) is 5.77. The Bertz CT molecular complexity index is 448. The van der Waals surface area contributed by atoms with Crippen molar-refractivity contribution in [2.24, 2.45) is 17.6 Å². The fourth-order valence-electron chi connectivity index (χ4n) is 3.09. The lowest BCUT2D eigenvalue weighted by Crippen LogP contribution is -2.37. The van der Waals surface area contributed by atoms with Gasteiger partial charge < -0.3 is 5.73 Å². The molecule has 0 spiro atoms. The van der Waals surface area contributed by atoms with Crippen molar-refractivity contribution in [3.63, 3.8) is 0 Å². The van der Waals surface area contributed by atoms with Crippen molar-refractivity contribution in [3.8, 4) is 0 Å². The molecule has 0 aliphatic heterocycles. The largest absolute Gasteiger partial charge is 0.330 e. The molecular formula is C16H24ClNOS. The smallest absolute Gasteiger partial charge is 0.0488 e. The van der Waals surface area contributed by atoms with Gasteiger partial charge in [0.1, 0.15) is 0 Å². The summed E-state index contributed by atoms with van der Waals surface area (Å²) >= 11 is 5.89. The molecule has 2 rings (SSSR count). The number of halogens is 1. The topological polar surface area (TPSA) is 43.1 Å². The molecule has 1 saturated carbocycles. The van der Waals surface area contributed by atoms with Crippen LogP contribution in [0.2, 0.25) is 5.02 Å². The van der Waals surface area contributed by atoms with Crippen LogP contribution in [0, 0.1) is 11.8 Å². The average Bonchev–Trinajstić information content (AvgIpc) is 2.48. The van der Waals surface area contributed by atoms with Gasteiger partial charge in [-0.1, -0.05) is 43.5 Å². The van der Waals surface area contributed by atoms with Crippen molar-refractivity contribution >= 4 is 22.4 Å². The minimum atomic E-state index is -0.839. The second-order valence-corrected chi connectivity index (χ2v) is 7.87. The van der Waals surface area contributed by atoms with E-state index in [-0.39, 0.29) is 5.25 Å². The van der Waals surface area contributed by atoms with E-state index in [1.54, 1.807) is 0 Å². The molecule has 4 unspecified atom stereocenters. The molecule has 112 valence electrons. The van der Waals surface area contributed by atoms with Gasteiger partial charge in [-0.3, -0.25) is 4.21 Å². The lowest BCUT2D eigenvalue weighted by molar-refractivity contribution is 0.280.